The first-order chi connectivity index (χ1) is 35.3. The van der Waals surface area contributed by atoms with Crippen LogP contribution in [0, 0.1) is 13.8 Å². The third-order valence-electron chi connectivity index (χ3n) is 12.3. The summed E-state index contributed by atoms with van der Waals surface area (Å²) in [7, 11) is 0. The fourth-order valence-electron chi connectivity index (χ4n) is 8.87. The molecule has 9 aromatic rings. The van der Waals surface area contributed by atoms with E-state index in [9.17, 15) is 0 Å². The predicted molar refractivity (Wildman–Crippen MR) is 309 cm³/mol. The van der Waals surface area contributed by atoms with Gasteiger partial charge in [0.25, 0.3) is 0 Å². The molecule has 9 aromatic carbocycles. The van der Waals surface area contributed by atoms with Gasteiger partial charge in [-0.25, -0.2) is 0 Å². The van der Waals surface area contributed by atoms with E-state index in [0.717, 1.165) is 66.8 Å². The zero-order valence-corrected chi connectivity index (χ0v) is 42.6. The molecule has 72 heavy (non-hydrogen) atoms. The van der Waals surface area contributed by atoms with Crippen LogP contribution >= 0.6 is 46.4 Å². The second-order valence-electron chi connectivity index (χ2n) is 16.9. The van der Waals surface area contributed by atoms with Gasteiger partial charge in [-0.2, -0.15) is 0 Å². The van der Waals surface area contributed by atoms with E-state index >= 15 is 0 Å². The predicted octanol–water partition coefficient (Wildman–Crippen LogP) is 19.5. The van der Waals surface area contributed by atoms with Crippen molar-refractivity contribution in [3.05, 3.63) is 343 Å². The number of rotatable bonds is 12. The third kappa shape index (κ3) is 11.2. The second kappa shape index (κ2) is 23.4. The van der Waals surface area contributed by atoms with Crippen molar-refractivity contribution in [3.8, 4) is 0 Å². The van der Waals surface area contributed by atoms with Crippen LogP contribution in [0.4, 0.5) is 0 Å². The Morgan fingerprint density at radius 1 is 0.222 bits per heavy atom. The van der Waals surface area contributed by atoms with Gasteiger partial charge in [0.2, 0.25) is 0 Å². The van der Waals surface area contributed by atoms with E-state index in [0.29, 0.717) is 53.5 Å². The highest BCUT2D eigenvalue weighted by Gasteiger charge is 2.27. The molecule has 9 rings (SSSR count). The molecule has 0 aromatic heterocycles. The van der Waals surface area contributed by atoms with Crippen molar-refractivity contribution in [1.29, 1.82) is 0 Å². The molecule has 0 atom stereocenters. The monoisotopic (exact) mass is 1000 g/mol. The molecule has 0 radical (unpaired) electrons. The van der Waals surface area contributed by atoms with Crippen LogP contribution in [0.3, 0.4) is 0 Å². The van der Waals surface area contributed by atoms with Gasteiger partial charge >= 0.3 is 0 Å². The molecule has 0 nitrogen and oxygen atoms in total. The van der Waals surface area contributed by atoms with Crippen molar-refractivity contribution in [2.24, 2.45) is 0 Å². The van der Waals surface area contributed by atoms with E-state index in [1.165, 1.54) is 0 Å². The Labute approximate surface area is 443 Å². The summed E-state index contributed by atoms with van der Waals surface area (Å²) in [6, 6.07) is 81.0. The molecule has 0 aliphatic rings. The molecule has 4 heteroatoms. The minimum absolute atomic E-state index is 0.312. The molecular formula is C68H46Cl4. The summed E-state index contributed by atoms with van der Waals surface area (Å²) in [5, 5.41) is 1.25. The zero-order chi connectivity index (χ0) is 49.8. The van der Waals surface area contributed by atoms with Crippen LogP contribution in [-0.4, -0.2) is 0 Å². The molecule has 0 bridgehead atoms. The number of hydrogen-bond donors (Lipinski definition) is 0. The molecule has 0 saturated carbocycles. The van der Waals surface area contributed by atoms with E-state index in [1.807, 2.05) is 159 Å². The van der Waals surface area contributed by atoms with Crippen LogP contribution in [0.5, 0.6) is 0 Å². The summed E-state index contributed by atoms with van der Waals surface area (Å²) < 4.78 is 0. The minimum Gasteiger partial charge on any atom is -0.0907 e. The van der Waals surface area contributed by atoms with Gasteiger partial charge in [-0.05, 0) is 69.5 Å². The summed E-state index contributed by atoms with van der Waals surface area (Å²) in [5.41, 5.74) is 29.3. The topological polar surface area (TPSA) is 0 Å². The lowest BCUT2D eigenvalue weighted by atomic mass is 9.85. The highest BCUT2D eigenvalue weighted by molar-refractivity contribution is 6.55. The molecule has 0 amide bonds. The zero-order valence-electron chi connectivity index (χ0n) is 39.6. The van der Waals surface area contributed by atoms with Crippen LogP contribution in [0.25, 0.3) is 42.4 Å². The van der Waals surface area contributed by atoms with Crippen molar-refractivity contribution in [2.45, 2.75) is 13.8 Å². The average Bonchev–Trinajstić information content (AvgIpc) is 3.44. The maximum Gasteiger partial charge on any atom is 0.0913 e. The molecule has 0 N–H and O–H groups in total. The van der Waals surface area contributed by atoms with Crippen molar-refractivity contribution in [1.82, 2.24) is 0 Å². The normalized spacial score (nSPS) is 10.4. The van der Waals surface area contributed by atoms with Crippen molar-refractivity contribution in [2.75, 3.05) is 0 Å². The fourth-order valence-corrected chi connectivity index (χ4v) is 10.2. The van der Waals surface area contributed by atoms with Gasteiger partial charge in [0, 0.05) is 44.5 Å². The van der Waals surface area contributed by atoms with Gasteiger partial charge in [-0.3, -0.25) is 0 Å². The summed E-state index contributed by atoms with van der Waals surface area (Å²) in [6.07, 6.45) is 0. The van der Waals surface area contributed by atoms with Gasteiger partial charge in [0.15, 0.2) is 0 Å². The van der Waals surface area contributed by atoms with Crippen LogP contribution in [-0.2, 0) is 0 Å². The first kappa shape index (κ1) is 49.2. The highest BCUT2D eigenvalue weighted by Crippen LogP contribution is 2.46. The highest BCUT2D eigenvalue weighted by atomic mass is 35.5. The van der Waals surface area contributed by atoms with Crippen LogP contribution in [0.2, 0.25) is 0 Å². The molecule has 0 fully saturated rings. The molecule has 0 aliphatic carbocycles. The van der Waals surface area contributed by atoms with Gasteiger partial charge in [0.1, 0.15) is 0 Å². The first-order valence-electron chi connectivity index (χ1n) is 23.5. The first-order valence-corrected chi connectivity index (χ1v) is 25.1. The molecule has 346 valence electrons. The van der Waals surface area contributed by atoms with E-state index < -0.39 is 0 Å². The average molecular weight is 1000 g/mol. The Bertz CT molecular complexity index is 2990. The molecule has 0 spiro atoms. The Morgan fingerprint density at radius 2 is 0.347 bits per heavy atom. The Balaban J connectivity index is 1.51. The Morgan fingerprint density at radius 3 is 0.472 bits per heavy atom. The van der Waals surface area contributed by atoms with Crippen molar-refractivity contribution < 1.29 is 0 Å². The second-order valence-corrected chi connectivity index (χ2v) is 18.4. The van der Waals surface area contributed by atoms with Crippen molar-refractivity contribution in [3.63, 3.8) is 0 Å². The van der Waals surface area contributed by atoms with E-state index in [-0.39, 0.29) is 0 Å². The Kier molecular flexibility index (Phi) is 16.0. The van der Waals surface area contributed by atoms with Crippen molar-refractivity contribution >= 4 is 88.8 Å². The quantitative estimate of drug-likeness (QED) is 0.107. The molecule has 0 saturated heterocycles. The minimum atomic E-state index is 0.312. The van der Waals surface area contributed by atoms with Crippen LogP contribution < -0.4 is 0 Å². The number of halogens is 4. The van der Waals surface area contributed by atoms with Gasteiger partial charge in [-0.15, -0.1) is 0 Å². The summed E-state index contributed by atoms with van der Waals surface area (Å²) in [5.74, 6) is 0. The smallest absolute Gasteiger partial charge is 0.0907 e. The lowest BCUT2D eigenvalue weighted by Crippen LogP contribution is -2.05. The lowest BCUT2D eigenvalue weighted by Gasteiger charge is -2.22. The maximum absolute atomic E-state index is 7.89. The molecule has 0 aliphatic heterocycles. The van der Waals surface area contributed by atoms with E-state index in [4.69, 9.17) is 46.4 Å². The molecular weight excluding hydrogens is 959 g/mol. The number of hydrogen-bond acceptors (Lipinski definition) is 0. The van der Waals surface area contributed by atoms with Crippen LogP contribution in [0.15, 0.2) is 266 Å². The van der Waals surface area contributed by atoms with E-state index in [1.54, 1.807) is 0 Å². The van der Waals surface area contributed by atoms with Gasteiger partial charge in [0.05, 0.1) is 20.1 Å². The van der Waals surface area contributed by atoms with Gasteiger partial charge in [-0.1, -0.05) is 312 Å². The maximum atomic E-state index is 7.89. The lowest BCUT2D eigenvalue weighted by molar-refractivity contribution is 1.30. The summed E-state index contributed by atoms with van der Waals surface area (Å²) in [6.45, 7) is 4.01. The number of benzene rings is 9. The fraction of sp³-hybridized carbons (Fsp3) is 0.0294. The Hall–Kier alpha value is -7.78. The molecule has 0 heterocycles. The standard InChI is InChI=1S/C68H46Cl4/c1-47-65(61(69)43-57(49-27-11-3-12-28-49)50-29-13-4-14-30-50)67(63(71)45-59(53-35-19-7-20-36-53)54-37-21-8-22-38-54)48(2)68(64(72)46-60(55-39-23-9-24-40-55)56-41-25-10-26-42-56)66(47)62(70)44-58(51-31-15-5-16-32-51)52-33-17-6-18-34-52/h3-42H,1-2H3. The largest absolute Gasteiger partial charge is 0.0913 e. The summed E-state index contributed by atoms with van der Waals surface area (Å²) >= 11 is 31.6. The third-order valence-corrected chi connectivity index (χ3v) is 13.5. The van der Waals surface area contributed by atoms with E-state index in [2.05, 4.69) is 120 Å². The van der Waals surface area contributed by atoms with Gasteiger partial charge < -0.3 is 0 Å². The van der Waals surface area contributed by atoms with Crippen LogP contribution in [0.1, 0.15) is 77.9 Å². The molecule has 0 unspecified atom stereocenters. The SMILES string of the molecule is Cc1c(C(Cl)=C=C(c2ccccc2)c2ccccc2)c(C(Cl)=C=C(c2ccccc2)c2ccccc2)c(C)c(C(Cl)=C=C(c2ccccc2)c2ccccc2)c1C(Cl)=C=C(c1ccccc1)c1ccccc1. The summed E-state index contributed by atoms with van der Waals surface area (Å²) in [4.78, 5) is 0.